The number of aromatic amines is 1. The molecule has 0 fully saturated rings. The van der Waals surface area contributed by atoms with Crippen LogP contribution >= 0.6 is 0 Å². The first kappa shape index (κ1) is 16.4. The summed E-state index contributed by atoms with van der Waals surface area (Å²) < 4.78 is 0. The molecule has 2 aromatic heterocycles. The minimum absolute atomic E-state index is 0.00878. The normalized spacial score (nSPS) is 14.6. The predicted molar refractivity (Wildman–Crippen MR) is 99.5 cm³/mol. The predicted octanol–water partition coefficient (Wildman–Crippen LogP) is 3.39. The van der Waals surface area contributed by atoms with Crippen molar-refractivity contribution >= 4 is 28.7 Å². The maximum absolute atomic E-state index is 12.9. The Kier molecular flexibility index (Phi) is 3.64. The van der Waals surface area contributed by atoms with Crippen LogP contribution in [0.2, 0.25) is 0 Å². The average Bonchev–Trinajstić information content (AvgIpc) is 3.04. The fraction of sp³-hybridized carbons (Fsp3) is 0.300. The molecule has 26 heavy (non-hydrogen) atoms. The molecule has 1 aliphatic rings. The molecule has 1 N–H and O–H groups in total. The Morgan fingerprint density at radius 1 is 1.23 bits per heavy atom. The zero-order valence-electron chi connectivity index (χ0n) is 15.0. The highest BCUT2D eigenvalue weighted by molar-refractivity contribution is 6.10. The van der Waals surface area contributed by atoms with Crippen LogP contribution in [0.4, 0.5) is 5.82 Å². The van der Waals surface area contributed by atoms with Crippen molar-refractivity contribution in [2.24, 2.45) is 5.41 Å². The monoisotopic (exact) mass is 348 g/mol. The maximum atomic E-state index is 12.9. The largest absolute Gasteiger partial charge is 0.344 e. The number of carbonyl (C=O) groups excluding carboxylic acids is 2. The summed E-state index contributed by atoms with van der Waals surface area (Å²) in [6.45, 7) is 6.16. The summed E-state index contributed by atoms with van der Waals surface area (Å²) >= 11 is 0. The van der Waals surface area contributed by atoms with Gasteiger partial charge in [0, 0.05) is 23.7 Å². The van der Waals surface area contributed by atoms with Gasteiger partial charge in [0.15, 0.2) is 17.2 Å². The molecule has 0 unspecified atom stereocenters. The van der Waals surface area contributed by atoms with Gasteiger partial charge in [0.1, 0.15) is 5.52 Å². The van der Waals surface area contributed by atoms with Crippen LogP contribution in [0.25, 0.3) is 11.2 Å². The summed E-state index contributed by atoms with van der Waals surface area (Å²) in [6, 6.07) is 7.62. The Balaban J connectivity index is 1.77. The number of ketones is 1. The molecular formula is C20H20N4O2. The van der Waals surface area contributed by atoms with Gasteiger partial charge in [0.25, 0.3) is 5.91 Å². The van der Waals surface area contributed by atoms with Crippen LogP contribution < -0.4 is 4.90 Å². The van der Waals surface area contributed by atoms with Gasteiger partial charge in [0.05, 0.1) is 11.8 Å². The molecule has 0 atom stereocenters. The number of rotatable bonds is 2. The van der Waals surface area contributed by atoms with E-state index < -0.39 is 5.41 Å². The van der Waals surface area contributed by atoms with Gasteiger partial charge in [-0.15, -0.1) is 0 Å². The van der Waals surface area contributed by atoms with E-state index in [1.54, 1.807) is 17.3 Å². The molecule has 1 aliphatic heterocycles. The molecule has 3 heterocycles. The molecule has 0 spiro atoms. The average molecular weight is 348 g/mol. The Bertz CT molecular complexity index is 1030. The molecule has 1 aromatic carbocycles. The van der Waals surface area contributed by atoms with E-state index in [-0.39, 0.29) is 11.7 Å². The number of aromatic nitrogens is 3. The smallest absolute Gasteiger partial charge is 0.259 e. The Hall–Kier alpha value is -3.02. The lowest BCUT2D eigenvalue weighted by atomic mass is 9.87. The van der Waals surface area contributed by atoms with E-state index in [4.69, 9.17) is 0 Å². The van der Waals surface area contributed by atoms with Crippen LogP contribution in [-0.4, -0.2) is 33.2 Å². The number of benzene rings is 1. The quantitative estimate of drug-likeness (QED) is 0.720. The summed E-state index contributed by atoms with van der Waals surface area (Å²) in [4.78, 5) is 39.1. The molecule has 0 saturated heterocycles. The van der Waals surface area contributed by atoms with E-state index in [2.05, 4.69) is 15.0 Å². The third-order valence-corrected chi connectivity index (χ3v) is 4.67. The molecule has 132 valence electrons. The van der Waals surface area contributed by atoms with E-state index in [0.29, 0.717) is 34.7 Å². The second-order valence-corrected chi connectivity index (χ2v) is 7.57. The first-order valence-electron chi connectivity index (χ1n) is 8.65. The number of nitrogens with one attached hydrogen (secondary N) is 1. The molecule has 3 aromatic rings. The molecule has 0 saturated carbocycles. The van der Waals surface area contributed by atoms with E-state index >= 15 is 0 Å². The number of Topliss-reactive ketones (excluding diaryl/α,β-unsaturated/α-hetero) is 1. The molecule has 1 amide bonds. The highest BCUT2D eigenvalue weighted by Gasteiger charge is 2.29. The van der Waals surface area contributed by atoms with Crippen LogP contribution in [0.1, 0.15) is 47.1 Å². The van der Waals surface area contributed by atoms with Crippen molar-refractivity contribution in [3.8, 4) is 0 Å². The summed E-state index contributed by atoms with van der Waals surface area (Å²) in [5.41, 5.74) is 2.79. The Morgan fingerprint density at radius 3 is 2.77 bits per heavy atom. The third-order valence-electron chi connectivity index (χ3n) is 4.67. The van der Waals surface area contributed by atoms with Gasteiger partial charge in [-0.1, -0.05) is 39.0 Å². The van der Waals surface area contributed by atoms with Crippen LogP contribution in [0.15, 0.2) is 36.7 Å². The van der Waals surface area contributed by atoms with Crippen LogP contribution in [0, 0.1) is 5.41 Å². The topological polar surface area (TPSA) is 79.0 Å². The van der Waals surface area contributed by atoms with E-state index in [0.717, 1.165) is 12.0 Å². The van der Waals surface area contributed by atoms with Gasteiger partial charge < -0.3 is 4.98 Å². The van der Waals surface area contributed by atoms with Gasteiger partial charge in [0.2, 0.25) is 0 Å². The lowest BCUT2D eigenvalue weighted by Crippen LogP contribution is -2.38. The lowest BCUT2D eigenvalue weighted by molar-refractivity contribution is 0.0859. The number of hydrogen-bond acceptors (Lipinski definition) is 4. The Morgan fingerprint density at radius 2 is 2.00 bits per heavy atom. The second kappa shape index (κ2) is 5.76. The molecule has 6 heteroatoms. The SMILES string of the molecule is CC(C)(C)C(=O)c1c[nH]c2ncc(N3CCc4ccccc4C3=O)nc12. The van der Waals surface area contributed by atoms with E-state index in [1.165, 1.54) is 0 Å². The number of hydrogen-bond donors (Lipinski definition) is 1. The maximum Gasteiger partial charge on any atom is 0.259 e. The van der Waals surface area contributed by atoms with Crippen molar-refractivity contribution < 1.29 is 9.59 Å². The number of fused-ring (bicyclic) bond motifs is 2. The minimum Gasteiger partial charge on any atom is -0.344 e. The summed E-state index contributed by atoms with van der Waals surface area (Å²) in [5, 5.41) is 0. The van der Waals surface area contributed by atoms with Gasteiger partial charge in [-0.25, -0.2) is 9.97 Å². The lowest BCUT2D eigenvalue weighted by Gasteiger charge is -2.27. The number of amides is 1. The number of anilines is 1. The Labute approximate surface area is 151 Å². The minimum atomic E-state index is -0.521. The van der Waals surface area contributed by atoms with Crippen LogP contribution in [0.5, 0.6) is 0 Å². The zero-order chi connectivity index (χ0) is 18.5. The van der Waals surface area contributed by atoms with Gasteiger partial charge in [-0.3, -0.25) is 14.5 Å². The number of H-pyrrole nitrogens is 1. The zero-order valence-corrected chi connectivity index (χ0v) is 15.0. The van der Waals surface area contributed by atoms with Crippen molar-refractivity contribution in [1.29, 1.82) is 0 Å². The number of carbonyl (C=O) groups is 2. The number of nitrogens with zero attached hydrogens (tertiary/aromatic N) is 3. The van der Waals surface area contributed by atoms with Crippen molar-refractivity contribution in [3.63, 3.8) is 0 Å². The van der Waals surface area contributed by atoms with Crippen LogP contribution in [0.3, 0.4) is 0 Å². The summed E-state index contributed by atoms with van der Waals surface area (Å²) in [6.07, 6.45) is 3.99. The third kappa shape index (κ3) is 2.58. The highest BCUT2D eigenvalue weighted by Crippen LogP contribution is 2.28. The van der Waals surface area contributed by atoms with Crippen molar-refractivity contribution in [3.05, 3.63) is 53.3 Å². The molecule has 6 nitrogen and oxygen atoms in total. The van der Waals surface area contributed by atoms with Gasteiger partial charge >= 0.3 is 0 Å². The van der Waals surface area contributed by atoms with E-state index in [1.807, 2.05) is 45.0 Å². The highest BCUT2D eigenvalue weighted by atomic mass is 16.2. The van der Waals surface area contributed by atoms with E-state index in [9.17, 15) is 9.59 Å². The summed E-state index contributed by atoms with van der Waals surface area (Å²) in [5.74, 6) is 0.379. The molecule has 0 aliphatic carbocycles. The fourth-order valence-electron chi connectivity index (χ4n) is 3.23. The first-order chi connectivity index (χ1) is 12.4. The summed E-state index contributed by atoms with van der Waals surface area (Å²) in [7, 11) is 0. The second-order valence-electron chi connectivity index (χ2n) is 7.57. The molecule has 0 bridgehead atoms. The van der Waals surface area contributed by atoms with Gasteiger partial charge in [-0.05, 0) is 18.1 Å². The molecule has 0 radical (unpaired) electrons. The first-order valence-corrected chi connectivity index (χ1v) is 8.65. The van der Waals surface area contributed by atoms with Crippen molar-refractivity contribution in [2.45, 2.75) is 27.2 Å². The van der Waals surface area contributed by atoms with Crippen molar-refractivity contribution in [1.82, 2.24) is 15.0 Å². The van der Waals surface area contributed by atoms with Crippen LogP contribution in [-0.2, 0) is 6.42 Å². The van der Waals surface area contributed by atoms with Crippen molar-refractivity contribution in [2.75, 3.05) is 11.4 Å². The molecule has 4 rings (SSSR count). The molecular weight excluding hydrogens is 328 g/mol. The van der Waals surface area contributed by atoms with Gasteiger partial charge in [-0.2, -0.15) is 0 Å². The fourth-order valence-corrected chi connectivity index (χ4v) is 3.23. The standard InChI is InChI=1S/C20H20N4O2/c1-20(2,3)17(25)14-10-21-18-16(14)23-15(11-22-18)24-9-8-12-6-4-5-7-13(12)19(24)26/h4-7,10-11H,8-9H2,1-3H3,(H,21,22).